The average molecular weight is 337 g/mol. The van der Waals surface area contributed by atoms with Crippen LogP contribution in [0.25, 0.3) is 0 Å². The van der Waals surface area contributed by atoms with Crippen LogP contribution in [0.2, 0.25) is 0 Å². The molecule has 1 unspecified atom stereocenters. The molecule has 19 heavy (non-hydrogen) atoms. The van der Waals surface area contributed by atoms with Gasteiger partial charge < -0.3 is 0 Å². The second-order valence-corrected chi connectivity index (χ2v) is 9.44. The maximum Gasteiger partial charge on any atom is 0.136 e. The van der Waals surface area contributed by atoms with Crippen LogP contribution >= 0.6 is 15.9 Å². The van der Waals surface area contributed by atoms with Gasteiger partial charge in [0.1, 0.15) is 10.0 Å². The Balaban J connectivity index is 4.59. The van der Waals surface area contributed by atoms with Crippen LogP contribution in [0.4, 0.5) is 0 Å². The Kier molecular flexibility index (Phi) is 6.19. The van der Waals surface area contributed by atoms with E-state index in [9.17, 15) is 0 Å². The van der Waals surface area contributed by atoms with E-state index in [1.807, 2.05) is 62.3 Å². The van der Waals surface area contributed by atoms with Crippen molar-refractivity contribution in [2.45, 2.75) is 89.9 Å². The number of hydrogen-bond donors (Lipinski definition) is 0. The van der Waals surface area contributed by atoms with Gasteiger partial charge >= 0.3 is 0 Å². The Morgan fingerprint density at radius 1 is 0.789 bits per heavy atom. The molecule has 0 fully saturated rings. The summed E-state index contributed by atoms with van der Waals surface area (Å²) in [6, 6.07) is 0. The van der Waals surface area contributed by atoms with Crippen LogP contribution < -0.4 is 0 Å². The van der Waals surface area contributed by atoms with Gasteiger partial charge in [0.05, 0.1) is 11.1 Å². The molecule has 0 aromatic carbocycles. The lowest BCUT2D eigenvalue weighted by Crippen LogP contribution is -2.35. The summed E-state index contributed by atoms with van der Waals surface area (Å²) in [5, 5.41) is 8.67. The molecule has 0 spiro atoms. The van der Waals surface area contributed by atoms with Crippen molar-refractivity contribution in [1.29, 1.82) is 0 Å². The van der Waals surface area contributed by atoms with Crippen molar-refractivity contribution in [2.75, 3.05) is 0 Å². The Morgan fingerprint density at radius 3 is 1.63 bits per heavy atom. The summed E-state index contributed by atoms with van der Waals surface area (Å²) < 4.78 is -0.467. The topological polar surface area (TPSA) is 43.2 Å². The van der Waals surface area contributed by atoms with E-state index >= 15 is 0 Å². The number of azo groups is 1. The molecule has 0 N–H and O–H groups in total. The quantitative estimate of drug-likeness (QED) is 0.226. The minimum absolute atomic E-state index is 0.179. The van der Waals surface area contributed by atoms with E-state index in [4.69, 9.17) is 9.78 Å². The van der Waals surface area contributed by atoms with Crippen molar-refractivity contribution in [3.05, 3.63) is 0 Å². The molecule has 0 aliphatic rings. The monoisotopic (exact) mass is 336 g/mol. The molecule has 0 radical (unpaired) electrons. The summed E-state index contributed by atoms with van der Waals surface area (Å²) in [6.07, 6.45) is 0.648. The largest absolute Gasteiger partial charge is 0.230 e. The summed E-state index contributed by atoms with van der Waals surface area (Å²) >= 11 is 3.60. The normalized spacial score (nSPS) is 17.8. The van der Waals surface area contributed by atoms with E-state index < -0.39 is 10.0 Å². The molecule has 114 valence electrons. The summed E-state index contributed by atoms with van der Waals surface area (Å²) in [5.74, 6) is 0. The molecule has 0 saturated heterocycles. The van der Waals surface area contributed by atoms with Crippen molar-refractivity contribution >= 4 is 15.9 Å². The smallest absolute Gasteiger partial charge is 0.136 e. The summed E-state index contributed by atoms with van der Waals surface area (Å²) in [4.78, 5) is 10.9. The molecule has 0 aliphatic carbocycles. The first-order valence-electron chi connectivity index (χ1n) is 6.62. The highest BCUT2D eigenvalue weighted by Gasteiger charge is 2.34. The highest BCUT2D eigenvalue weighted by atomic mass is 79.9. The summed E-state index contributed by atoms with van der Waals surface area (Å²) in [6.45, 7) is 17.8. The van der Waals surface area contributed by atoms with E-state index in [0.29, 0.717) is 6.42 Å². The predicted octanol–water partition coefficient (Wildman–Crippen LogP) is 5.26. The average Bonchev–Trinajstić information content (AvgIpc) is 2.09. The number of halogens is 1. The second-order valence-electron chi connectivity index (χ2n) is 7.73. The van der Waals surface area contributed by atoms with Gasteiger partial charge in [0.15, 0.2) is 0 Å². The minimum atomic E-state index is -0.467. The molecule has 0 aliphatic heterocycles. The van der Waals surface area contributed by atoms with Crippen molar-refractivity contribution in [3.63, 3.8) is 0 Å². The third-order valence-corrected chi connectivity index (χ3v) is 2.26. The molecule has 0 heterocycles. The molecule has 0 rings (SSSR count). The SMILES string of the molecule is CC(C)(C)N=NC(C)(Br)CC(C)(C)OOC(C)(C)C. The second kappa shape index (κ2) is 6.19. The van der Waals surface area contributed by atoms with Gasteiger partial charge in [-0.25, -0.2) is 9.78 Å². The number of alkyl halides is 1. The first-order chi connectivity index (χ1) is 8.12. The molecule has 0 saturated carbocycles. The maximum absolute atomic E-state index is 5.53. The number of hydrogen-bond acceptors (Lipinski definition) is 4. The van der Waals surface area contributed by atoms with E-state index in [0.717, 1.165) is 0 Å². The van der Waals surface area contributed by atoms with Crippen molar-refractivity contribution in [1.82, 2.24) is 0 Å². The summed E-state index contributed by atoms with van der Waals surface area (Å²) in [5.41, 5.74) is -0.961. The van der Waals surface area contributed by atoms with Crippen LogP contribution in [-0.4, -0.2) is 21.2 Å². The molecule has 0 bridgehead atoms. The fraction of sp³-hybridized carbons (Fsp3) is 1.00. The zero-order valence-corrected chi connectivity index (χ0v) is 15.4. The Labute approximate surface area is 126 Å². The van der Waals surface area contributed by atoms with Gasteiger partial charge in [-0.05, 0) is 62.3 Å². The van der Waals surface area contributed by atoms with E-state index in [2.05, 4.69) is 26.2 Å². The third-order valence-electron chi connectivity index (χ3n) is 1.82. The van der Waals surface area contributed by atoms with Gasteiger partial charge in [-0.3, -0.25) is 0 Å². The van der Waals surface area contributed by atoms with E-state index in [-0.39, 0.29) is 11.1 Å². The van der Waals surface area contributed by atoms with E-state index in [1.54, 1.807) is 0 Å². The highest BCUT2D eigenvalue weighted by Crippen LogP contribution is 2.33. The van der Waals surface area contributed by atoms with Gasteiger partial charge in [-0.15, -0.1) is 0 Å². The molecule has 0 amide bonds. The fourth-order valence-corrected chi connectivity index (χ4v) is 2.09. The van der Waals surface area contributed by atoms with Crippen LogP contribution in [-0.2, 0) is 9.78 Å². The van der Waals surface area contributed by atoms with Gasteiger partial charge in [0, 0.05) is 6.42 Å². The molecule has 0 aromatic rings. The lowest BCUT2D eigenvalue weighted by Gasteiger charge is -2.32. The third kappa shape index (κ3) is 11.5. The fourth-order valence-electron chi connectivity index (χ4n) is 1.33. The van der Waals surface area contributed by atoms with Crippen LogP contribution in [0.1, 0.15) is 68.7 Å². The lowest BCUT2D eigenvalue weighted by molar-refractivity contribution is -0.398. The van der Waals surface area contributed by atoms with Crippen LogP contribution in [0.15, 0.2) is 10.2 Å². The van der Waals surface area contributed by atoms with Crippen LogP contribution in [0, 0.1) is 0 Å². The highest BCUT2D eigenvalue weighted by molar-refractivity contribution is 9.10. The van der Waals surface area contributed by atoms with Crippen molar-refractivity contribution < 1.29 is 9.78 Å². The minimum Gasteiger partial charge on any atom is -0.230 e. The Bertz CT molecular complexity index is 312. The molecule has 4 nitrogen and oxygen atoms in total. The van der Waals surface area contributed by atoms with Crippen molar-refractivity contribution in [2.24, 2.45) is 10.2 Å². The number of rotatable bonds is 5. The zero-order chi connectivity index (χ0) is 15.5. The standard InChI is InChI=1S/C14H29BrN2O2/c1-11(2,3)16-17-14(9,15)10-13(7,8)19-18-12(4,5)6/h10H2,1-9H3. The van der Waals surface area contributed by atoms with Crippen LogP contribution in [0.5, 0.6) is 0 Å². The Hall–Kier alpha value is -0.0000000000000000416. The molecule has 5 heteroatoms. The van der Waals surface area contributed by atoms with Gasteiger partial charge in [-0.2, -0.15) is 10.2 Å². The zero-order valence-electron chi connectivity index (χ0n) is 13.8. The van der Waals surface area contributed by atoms with Crippen molar-refractivity contribution in [3.8, 4) is 0 Å². The van der Waals surface area contributed by atoms with Crippen LogP contribution in [0.3, 0.4) is 0 Å². The first-order valence-corrected chi connectivity index (χ1v) is 7.41. The number of nitrogens with zero attached hydrogens (tertiary/aromatic N) is 2. The lowest BCUT2D eigenvalue weighted by atomic mass is 10.0. The van der Waals surface area contributed by atoms with Gasteiger partial charge in [-0.1, -0.05) is 15.9 Å². The molecule has 0 aromatic heterocycles. The predicted molar refractivity (Wildman–Crippen MR) is 82.6 cm³/mol. The molecular formula is C14H29BrN2O2. The molecule has 1 atom stereocenters. The first kappa shape index (κ1) is 19.0. The molecular weight excluding hydrogens is 308 g/mol. The van der Waals surface area contributed by atoms with Gasteiger partial charge in [0.25, 0.3) is 0 Å². The van der Waals surface area contributed by atoms with E-state index in [1.165, 1.54) is 0 Å². The Morgan fingerprint density at radius 2 is 1.26 bits per heavy atom. The van der Waals surface area contributed by atoms with Gasteiger partial charge in [0.2, 0.25) is 0 Å². The maximum atomic E-state index is 5.53. The summed E-state index contributed by atoms with van der Waals surface area (Å²) in [7, 11) is 0.